The standard InChI is InChI=1S/C17H16F3NO4/c18-17(19,20)12-7-3-4-8-13(12)25-14(22)9-21-15(23)10-5-1-2-6-11(10)16(21)24/h3-4,7-8,10-11H,1-2,5-6,9H2. The molecule has 0 N–H and O–H groups in total. The molecule has 2 amide bonds. The van der Waals surface area contributed by atoms with Crippen LogP contribution in [0.15, 0.2) is 24.3 Å². The van der Waals surface area contributed by atoms with E-state index in [0.29, 0.717) is 12.8 Å². The molecule has 1 aliphatic carbocycles. The summed E-state index contributed by atoms with van der Waals surface area (Å²) >= 11 is 0. The summed E-state index contributed by atoms with van der Waals surface area (Å²) in [6, 6.07) is 4.30. The number of esters is 1. The van der Waals surface area contributed by atoms with E-state index in [4.69, 9.17) is 4.74 Å². The highest BCUT2D eigenvalue weighted by atomic mass is 19.4. The molecule has 1 saturated heterocycles. The molecule has 1 aliphatic heterocycles. The molecule has 25 heavy (non-hydrogen) atoms. The predicted molar refractivity (Wildman–Crippen MR) is 79.2 cm³/mol. The number of carbonyl (C=O) groups excluding carboxylic acids is 3. The molecule has 2 atom stereocenters. The lowest BCUT2D eigenvalue weighted by Crippen LogP contribution is -2.37. The molecule has 0 aromatic heterocycles. The smallest absolute Gasteiger partial charge is 0.419 e. The quantitative estimate of drug-likeness (QED) is 0.475. The van der Waals surface area contributed by atoms with Gasteiger partial charge in [-0.05, 0) is 25.0 Å². The molecule has 1 aromatic rings. The van der Waals surface area contributed by atoms with Gasteiger partial charge < -0.3 is 4.74 Å². The first-order chi connectivity index (χ1) is 11.8. The highest BCUT2D eigenvalue weighted by molar-refractivity contribution is 6.07. The third-order valence-corrected chi connectivity index (χ3v) is 4.64. The van der Waals surface area contributed by atoms with E-state index in [1.165, 1.54) is 12.1 Å². The van der Waals surface area contributed by atoms with Gasteiger partial charge in [-0.2, -0.15) is 13.2 Å². The minimum absolute atomic E-state index is 0.420. The Balaban J connectivity index is 1.72. The van der Waals surface area contributed by atoms with Crippen molar-refractivity contribution in [2.75, 3.05) is 6.54 Å². The van der Waals surface area contributed by atoms with Crippen LogP contribution >= 0.6 is 0 Å². The highest BCUT2D eigenvalue weighted by Gasteiger charge is 2.48. The zero-order valence-corrected chi connectivity index (χ0v) is 13.2. The van der Waals surface area contributed by atoms with E-state index in [0.717, 1.165) is 29.9 Å². The molecular formula is C17H16F3NO4. The molecule has 2 aliphatic rings. The van der Waals surface area contributed by atoms with Crippen LogP contribution in [0.2, 0.25) is 0 Å². The van der Waals surface area contributed by atoms with Crippen molar-refractivity contribution in [1.82, 2.24) is 4.90 Å². The number of alkyl halides is 3. The van der Waals surface area contributed by atoms with Crippen LogP contribution in [-0.2, 0) is 20.6 Å². The van der Waals surface area contributed by atoms with E-state index in [2.05, 4.69) is 0 Å². The van der Waals surface area contributed by atoms with Crippen molar-refractivity contribution in [2.45, 2.75) is 31.9 Å². The number of nitrogens with zero attached hydrogens (tertiary/aromatic N) is 1. The van der Waals surface area contributed by atoms with Gasteiger partial charge in [-0.15, -0.1) is 0 Å². The Morgan fingerprint density at radius 1 is 1.08 bits per heavy atom. The molecular weight excluding hydrogens is 339 g/mol. The van der Waals surface area contributed by atoms with E-state index in [1.807, 2.05) is 0 Å². The first kappa shape index (κ1) is 17.4. The largest absolute Gasteiger partial charge is 0.425 e. The number of fused-ring (bicyclic) bond motifs is 1. The van der Waals surface area contributed by atoms with E-state index >= 15 is 0 Å². The first-order valence-electron chi connectivity index (χ1n) is 8.01. The number of likely N-dealkylation sites (tertiary alicyclic amines) is 1. The second-order valence-electron chi connectivity index (χ2n) is 6.23. The Labute approximate surface area is 141 Å². The van der Waals surface area contributed by atoms with Crippen molar-refractivity contribution < 1.29 is 32.3 Å². The molecule has 1 aromatic carbocycles. The fourth-order valence-corrected chi connectivity index (χ4v) is 3.46. The van der Waals surface area contributed by atoms with Crippen LogP contribution in [0, 0.1) is 11.8 Å². The van der Waals surface area contributed by atoms with Gasteiger partial charge >= 0.3 is 12.1 Å². The second-order valence-corrected chi connectivity index (χ2v) is 6.23. The molecule has 2 unspecified atom stereocenters. The molecule has 0 bridgehead atoms. The molecule has 1 heterocycles. The van der Waals surface area contributed by atoms with Crippen molar-refractivity contribution in [3.63, 3.8) is 0 Å². The number of para-hydroxylation sites is 1. The summed E-state index contributed by atoms with van der Waals surface area (Å²) in [5.74, 6) is -3.42. The maximum atomic E-state index is 12.9. The Morgan fingerprint density at radius 2 is 1.64 bits per heavy atom. The number of carbonyl (C=O) groups is 3. The zero-order valence-electron chi connectivity index (χ0n) is 13.2. The van der Waals surface area contributed by atoms with E-state index < -0.39 is 53.7 Å². The molecule has 3 rings (SSSR count). The maximum Gasteiger partial charge on any atom is 0.419 e. The summed E-state index contributed by atoms with van der Waals surface area (Å²) in [5.41, 5.74) is -1.09. The van der Waals surface area contributed by atoms with Gasteiger partial charge in [0.25, 0.3) is 0 Å². The Morgan fingerprint density at radius 3 is 2.20 bits per heavy atom. The summed E-state index contributed by atoms with van der Waals surface area (Å²) < 4.78 is 43.5. The van der Waals surface area contributed by atoms with E-state index in [-0.39, 0.29) is 0 Å². The van der Waals surface area contributed by atoms with Gasteiger partial charge in [-0.1, -0.05) is 25.0 Å². The first-order valence-corrected chi connectivity index (χ1v) is 8.01. The highest BCUT2D eigenvalue weighted by Crippen LogP contribution is 2.38. The van der Waals surface area contributed by atoms with Crippen molar-refractivity contribution in [3.05, 3.63) is 29.8 Å². The lowest BCUT2D eigenvalue weighted by Gasteiger charge is -2.19. The Bertz CT molecular complexity index is 692. The van der Waals surface area contributed by atoms with Crippen LogP contribution in [-0.4, -0.2) is 29.2 Å². The normalized spacial score (nSPS) is 23.6. The van der Waals surface area contributed by atoms with Gasteiger partial charge in [0.1, 0.15) is 12.3 Å². The third-order valence-electron chi connectivity index (χ3n) is 4.64. The number of hydrogen-bond acceptors (Lipinski definition) is 4. The Kier molecular flexibility index (Phi) is 4.53. The topological polar surface area (TPSA) is 63.7 Å². The average Bonchev–Trinajstić information content (AvgIpc) is 2.80. The van der Waals surface area contributed by atoms with Crippen LogP contribution in [0.25, 0.3) is 0 Å². The minimum atomic E-state index is -4.68. The third kappa shape index (κ3) is 3.38. The van der Waals surface area contributed by atoms with Crippen molar-refractivity contribution >= 4 is 17.8 Å². The van der Waals surface area contributed by atoms with Gasteiger partial charge in [0.15, 0.2) is 0 Å². The minimum Gasteiger partial charge on any atom is -0.425 e. The van der Waals surface area contributed by atoms with Gasteiger partial charge in [0, 0.05) is 0 Å². The molecule has 1 saturated carbocycles. The van der Waals surface area contributed by atoms with Crippen LogP contribution in [0.5, 0.6) is 5.75 Å². The van der Waals surface area contributed by atoms with Crippen LogP contribution < -0.4 is 4.74 Å². The molecule has 8 heteroatoms. The lowest BCUT2D eigenvalue weighted by molar-refractivity contribution is -0.150. The predicted octanol–water partition coefficient (Wildman–Crippen LogP) is 2.79. The van der Waals surface area contributed by atoms with E-state index in [1.54, 1.807) is 0 Å². The summed E-state index contributed by atoms with van der Waals surface area (Å²) in [4.78, 5) is 37.4. The van der Waals surface area contributed by atoms with Gasteiger partial charge in [-0.3, -0.25) is 14.5 Å². The average molecular weight is 355 g/mol. The number of benzene rings is 1. The van der Waals surface area contributed by atoms with E-state index in [9.17, 15) is 27.6 Å². The van der Waals surface area contributed by atoms with Crippen molar-refractivity contribution in [3.8, 4) is 5.75 Å². The number of hydrogen-bond donors (Lipinski definition) is 0. The second kappa shape index (κ2) is 6.50. The zero-order chi connectivity index (χ0) is 18.2. The monoisotopic (exact) mass is 355 g/mol. The van der Waals surface area contributed by atoms with Gasteiger partial charge in [0.05, 0.1) is 17.4 Å². The van der Waals surface area contributed by atoms with Gasteiger partial charge in [-0.25, -0.2) is 4.79 Å². The van der Waals surface area contributed by atoms with Crippen molar-refractivity contribution in [2.24, 2.45) is 11.8 Å². The summed E-state index contributed by atoms with van der Waals surface area (Å²) in [6.07, 6.45) is -1.80. The molecule has 0 spiro atoms. The van der Waals surface area contributed by atoms with Crippen LogP contribution in [0.1, 0.15) is 31.2 Å². The Hall–Kier alpha value is -2.38. The lowest BCUT2D eigenvalue weighted by atomic mass is 9.81. The fourth-order valence-electron chi connectivity index (χ4n) is 3.46. The summed E-state index contributed by atoms with van der Waals surface area (Å²) in [6.45, 7) is -0.670. The van der Waals surface area contributed by atoms with Crippen LogP contribution in [0.3, 0.4) is 0 Å². The summed E-state index contributed by atoms with van der Waals surface area (Å²) in [7, 11) is 0. The van der Waals surface area contributed by atoms with Gasteiger partial charge in [0.2, 0.25) is 11.8 Å². The van der Waals surface area contributed by atoms with Crippen LogP contribution in [0.4, 0.5) is 13.2 Å². The molecule has 0 radical (unpaired) electrons. The molecule has 2 fully saturated rings. The molecule has 5 nitrogen and oxygen atoms in total. The number of halogens is 3. The van der Waals surface area contributed by atoms with Crippen molar-refractivity contribution in [1.29, 1.82) is 0 Å². The number of amides is 2. The number of imide groups is 1. The SMILES string of the molecule is O=C(CN1C(=O)C2CCCCC2C1=O)Oc1ccccc1C(F)(F)F. The summed E-state index contributed by atoms with van der Waals surface area (Å²) in [5, 5.41) is 0. The molecule has 134 valence electrons. The fraction of sp³-hybridized carbons (Fsp3) is 0.471. The maximum absolute atomic E-state index is 12.9. The number of ether oxygens (including phenoxy) is 1. The number of rotatable bonds is 3.